The van der Waals surface area contributed by atoms with Crippen molar-refractivity contribution in [1.29, 1.82) is 0 Å². The zero-order valence-corrected chi connectivity index (χ0v) is 13.9. The molecule has 1 unspecified atom stereocenters. The van der Waals surface area contributed by atoms with Crippen LogP contribution in [0, 0.1) is 0 Å². The van der Waals surface area contributed by atoms with E-state index < -0.39 is 6.04 Å². The molecule has 126 valence electrons. The minimum Gasteiger partial charge on any atom is -0.351 e. The first-order valence-corrected chi connectivity index (χ1v) is 8.67. The quantitative estimate of drug-likeness (QED) is 0.750. The van der Waals surface area contributed by atoms with Crippen LogP contribution < -0.4 is 5.32 Å². The molecule has 1 aromatic rings. The van der Waals surface area contributed by atoms with Crippen LogP contribution in [-0.4, -0.2) is 34.8 Å². The summed E-state index contributed by atoms with van der Waals surface area (Å²) < 4.78 is 0. The minimum atomic E-state index is -0.588. The van der Waals surface area contributed by atoms with Gasteiger partial charge in [0.15, 0.2) is 0 Å². The summed E-state index contributed by atoms with van der Waals surface area (Å²) in [4.78, 5) is 30.1. The summed E-state index contributed by atoms with van der Waals surface area (Å²) in [5.74, 6) is -0.0897. The second-order valence-corrected chi connectivity index (χ2v) is 6.23. The molecule has 23 heavy (non-hydrogen) atoms. The van der Waals surface area contributed by atoms with Gasteiger partial charge in [0.25, 0.3) is 0 Å². The highest BCUT2D eigenvalue weighted by atomic mass is 16.2. The molecule has 1 aliphatic carbocycles. The van der Waals surface area contributed by atoms with Crippen molar-refractivity contribution >= 4 is 12.3 Å². The minimum absolute atomic E-state index is 0.0897. The number of carbonyl (C=O) groups is 2. The van der Waals surface area contributed by atoms with E-state index in [9.17, 15) is 9.59 Å². The number of amides is 2. The van der Waals surface area contributed by atoms with E-state index >= 15 is 0 Å². The normalized spacial score (nSPS) is 16.6. The molecule has 0 bridgehead atoms. The number of hydrogen-bond donors (Lipinski definition) is 1. The zero-order valence-electron chi connectivity index (χ0n) is 13.9. The molecule has 1 N–H and O–H groups in total. The van der Waals surface area contributed by atoms with Crippen LogP contribution in [0.25, 0.3) is 0 Å². The fourth-order valence-electron chi connectivity index (χ4n) is 3.14. The molecule has 1 atom stereocenters. The standard InChI is InChI=1S/C18H27N3O2/c1-2-3-12-21(14-22)17(15-8-7-11-19-13-15)18(23)20-16-9-5-4-6-10-16/h7-8,11,13-14,16-17H,2-6,9-10,12H2,1H3,(H,20,23). The van der Waals surface area contributed by atoms with E-state index in [1.165, 1.54) is 6.42 Å². The highest BCUT2D eigenvalue weighted by Gasteiger charge is 2.28. The number of unbranched alkanes of at least 4 members (excludes halogenated alkanes) is 1. The number of carbonyl (C=O) groups excluding carboxylic acids is 2. The highest BCUT2D eigenvalue weighted by Crippen LogP contribution is 2.22. The van der Waals surface area contributed by atoms with Crippen molar-refractivity contribution in [2.45, 2.75) is 64.0 Å². The third-order valence-corrected chi connectivity index (χ3v) is 4.44. The van der Waals surface area contributed by atoms with Gasteiger partial charge >= 0.3 is 0 Å². The van der Waals surface area contributed by atoms with Gasteiger partial charge in [-0.2, -0.15) is 0 Å². The van der Waals surface area contributed by atoms with E-state index in [0.29, 0.717) is 6.54 Å². The topological polar surface area (TPSA) is 62.3 Å². The summed E-state index contributed by atoms with van der Waals surface area (Å²) in [6.07, 6.45) is 11.6. The largest absolute Gasteiger partial charge is 0.351 e. The number of aromatic nitrogens is 1. The molecule has 1 heterocycles. The molecule has 1 aliphatic rings. The molecule has 0 aromatic carbocycles. The van der Waals surface area contributed by atoms with Crippen molar-refractivity contribution in [3.63, 3.8) is 0 Å². The molecular formula is C18H27N3O2. The SMILES string of the molecule is CCCCN(C=O)C(C(=O)NC1CCCCC1)c1cccnc1. The molecule has 0 spiro atoms. The summed E-state index contributed by atoms with van der Waals surface area (Å²) in [6, 6.07) is 3.31. The van der Waals surface area contributed by atoms with Crippen molar-refractivity contribution < 1.29 is 9.59 Å². The monoisotopic (exact) mass is 317 g/mol. The molecule has 1 aromatic heterocycles. The van der Waals surface area contributed by atoms with E-state index in [0.717, 1.165) is 50.5 Å². The van der Waals surface area contributed by atoms with Gasteiger partial charge in [0.2, 0.25) is 12.3 Å². The van der Waals surface area contributed by atoms with E-state index in [4.69, 9.17) is 0 Å². The number of rotatable bonds is 8. The number of nitrogens with zero attached hydrogens (tertiary/aromatic N) is 2. The van der Waals surface area contributed by atoms with Gasteiger partial charge in [-0.15, -0.1) is 0 Å². The van der Waals surface area contributed by atoms with E-state index in [1.54, 1.807) is 23.4 Å². The van der Waals surface area contributed by atoms with E-state index in [-0.39, 0.29) is 11.9 Å². The summed E-state index contributed by atoms with van der Waals surface area (Å²) in [5.41, 5.74) is 0.768. The van der Waals surface area contributed by atoms with Gasteiger partial charge in [0.1, 0.15) is 6.04 Å². The first-order valence-electron chi connectivity index (χ1n) is 8.67. The molecule has 0 saturated heterocycles. The van der Waals surface area contributed by atoms with Gasteiger partial charge in [0, 0.05) is 30.5 Å². The highest BCUT2D eigenvalue weighted by molar-refractivity contribution is 5.85. The van der Waals surface area contributed by atoms with Crippen LogP contribution in [0.15, 0.2) is 24.5 Å². The first-order chi connectivity index (χ1) is 11.3. The Kier molecular flexibility index (Phi) is 7.04. The fraction of sp³-hybridized carbons (Fsp3) is 0.611. The predicted octanol–water partition coefficient (Wildman–Crippen LogP) is 2.83. The molecule has 1 fully saturated rings. The molecule has 0 aliphatic heterocycles. The molecule has 5 heteroatoms. The Balaban J connectivity index is 2.14. The summed E-state index contributed by atoms with van der Waals surface area (Å²) in [6.45, 7) is 2.65. The Hall–Kier alpha value is -1.91. The average molecular weight is 317 g/mol. The van der Waals surface area contributed by atoms with Crippen molar-refractivity contribution in [1.82, 2.24) is 15.2 Å². The van der Waals surface area contributed by atoms with Crippen LogP contribution >= 0.6 is 0 Å². The lowest BCUT2D eigenvalue weighted by Crippen LogP contribution is -2.45. The Labute approximate surface area is 138 Å². The molecular weight excluding hydrogens is 290 g/mol. The number of pyridine rings is 1. The van der Waals surface area contributed by atoms with Crippen molar-refractivity contribution in [3.05, 3.63) is 30.1 Å². The van der Waals surface area contributed by atoms with Gasteiger partial charge in [-0.3, -0.25) is 14.6 Å². The lowest BCUT2D eigenvalue weighted by atomic mass is 9.95. The number of nitrogens with one attached hydrogen (secondary N) is 1. The zero-order chi connectivity index (χ0) is 16.5. The first kappa shape index (κ1) is 17.4. The van der Waals surface area contributed by atoms with Crippen LogP contribution in [0.3, 0.4) is 0 Å². The van der Waals surface area contributed by atoms with Crippen LogP contribution in [0.5, 0.6) is 0 Å². The maximum Gasteiger partial charge on any atom is 0.247 e. The fourth-order valence-corrected chi connectivity index (χ4v) is 3.14. The Morgan fingerprint density at radius 3 is 2.83 bits per heavy atom. The van der Waals surface area contributed by atoms with Crippen molar-refractivity contribution in [2.75, 3.05) is 6.54 Å². The van der Waals surface area contributed by atoms with Gasteiger partial charge in [-0.1, -0.05) is 38.7 Å². The smallest absolute Gasteiger partial charge is 0.247 e. The third-order valence-electron chi connectivity index (χ3n) is 4.44. The predicted molar refractivity (Wildman–Crippen MR) is 89.7 cm³/mol. The second-order valence-electron chi connectivity index (χ2n) is 6.23. The van der Waals surface area contributed by atoms with Gasteiger partial charge in [-0.25, -0.2) is 0 Å². The van der Waals surface area contributed by atoms with Crippen LogP contribution in [0.1, 0.15) is 63.5 Å². The maximum absolute atomic E-state index is 12.8. The molecule has 2 rings (SSSR count). The molecule has 1 saturated carbocycles. The Morgan fingerprint density at radius 2 is 2.22 bits per heavy atom. The van der Waals surface area contributed by atoms with Crippen LogP contribution in [0.2, 0.25) is 0 Å². The van der Waals surface area contributed by atoms with E-state index in [2.05, 4.69) is 17.2 Å². The van der Waals surface area contributed by atoms with Crippen LogP contribution in [-0.2, 0) is 9.59 Å². The van der Waals surface area contributed by atoms with Crippen molar-refractivity contribution in [3.8, 4) is 0 Å². The van der Waals surface area contributed by atoms with Crippen LogP contribution in [0.4, 0.5) is 0 Å². The Morgan fingerprint density at radius 1 is 1.43 bits per heavy atom. The summed E-state index contributed by atoms with van der Waals surface area (Å²) in [5, 5.41) is 3.14. The molecule has 2 amide bonds. The Bertz CT molecular complexity index is 486. The summed E-state index contributed by atoms with van der Waals surface area (Å²) >= 11 is 0. The molecule has 5 nitrogen and oxygen atoms in total. The second kappa shape index (κ2) is 9.28. The molecule has 0 radical (unpaired) electrons. The van der Waals surface area contributed by atoms with Gasteiger partial charge in [0.05, 0.1) is 0 Å². The van der Waals surface area contributed by atoms with E-state index in [1.807, 2.05) is 6.07 Å². The lowest BCUT2D eigenvalue weighted by molar-refractivity contribution is -0.134. The van der Waals surface area contributed by atoms with Gasteiger partial charge in [-0.05, 0) is 25.3 Å². The van der Waals surface area contributed by atoms with Crippen molar-refractivity contribution in [2.24, 2.45) is 0 Å². The lowest BCUT2D eigenvalue weighted by Gasteiger charge is -2.30. The maximum atomic E-state index is 12.8. The third kappa shape index (κ3) is 5.05. The summed E-state index contributed by atoms with van der Waals surface area (Å²) in [7, 11) is 0. The van der Waals surface area contributed by atoms with Gasteiger partial charge < -0.3 is 10.2 Å². The number of hydrogen-bond acceptors (Lipinski definition) is 3. The average Bonchev–Trinajstić information content (AvgIpc) is 2.60.